The van der Waals surface area contributed by atoms with Crippen LogP contribution in [0.3, 0.4) is 0 Å². The van der Waals surface area contributed by atoms with Crippen molar-refractivity contribution in [2.45, 2.75) is 39.0 Å². The van der Waals surface area contributed by atoms with Gasteiger partial charge in [-0.05, 0) is 43.9 Å². The molecule has 0 spiro atoms. The molecule has 7 heteroatoms. The van der Waals surface area contributed by atoms with Crippen molar-refractivity contribution in [3.05, 3.63) is 40.2 Å². The molecule has 2 aliphatic rings. The summed E-state index contributed by atoms with van der Waals surface area (Å²) in [4.78, 5) is 17.4. The number of carbonyl (C=O) groups is 1. The van der Waals surface area contributed by atoms with Crippen LogP contribution >= 0.6 is 11.3 Å². The summed E-state index contributed by atoms with van der Waals surface area (Å²) in [6.07, 6.45) is 7.83. The third kappa shape index (κ3) is 3.93. The van der Waals surface area contributed by atoms with Crippen LogP contribution in [0.5, 0.6) is 5.75 Å². The zero-order valence-electron chi connectivity index (χ0n) is 15.5. The third-order valence-electron chi connectivity index (χ3n) is 4.67. The normalized spacial score (nSPS) is 16.6. The molecule has 4 rings (SSSR count). The number of nitrogens with zero attached hydrogens (tertiary/aromatic N) is 2. The Hall–Kier alpha value is -2.54. The zero-order chi connectivity index (χ0) is 18.6. The van der Waals surface area contributed by atoms with Gasteiger partial charge < -0.3 is 10.1 Å². The van der Waals surface area contributed by atoms with Crippen LogP contribution in [0.15, 0.2) is 40.3 Å². The van der Waals surface area contributed by atoms with Gasteiger partial charge in [0, 0.05) is 23.2 Å². The number of ether oxygens (including phenoxy) is 1. The van der Waals surface area contributed by atoms with Crippen LogP contribution in [0, 0.1) is 0 Å². The maximum Gasteiger partial charge on any atom is 0.262 e. The molecule has 2 aromatic rings. The van der Waals surface area contributed by atoms with Gasteiger partial charge in [-0.25, -0.2) is 4.68 Å². The molecule has 0 radical (unpaired) electrons. The van der Waals surface area contributed by atoms with E-state index in [4.69, 9.17) is 9.73 Å². The Kier molecular flexibility index (Phi) is 5.29. The van der Waals surface area contributed by atoms with Gasteiger partial charge in [-0.2, -0.15) is 0 Å². The molecule has 0 atom stereocenters. The first-order valence-electron chi connectivity index (χ1n) is 9.49. The number of hydrogen-bond donors (Lipinski definition) is 2. The highest BCUT2D eigenvalue weighted by Crippen LogP contribution is 2.33. The fraction of sp³-hybridized carbons (Fsp3) is 0.400. The van der Waals surface area contributed by atoms with Crippen LogP contribution in [0.4, 0.5) is 5.69 Å². The van der Waals surface area contributed by atoms with E-state index in [1.54, 1.807) is 11.3 Å². The van der Waals surface area contributed by atoms with Crippen LogP contribution in [0.25, 0.3) is 11.3 Å². The largest absolute Gasteiger partial charge is 0.482 e. The fourth-order valence-electron chi connectivity index (χ4n) is 3.22. The van der Waals surface area contributed by atoms with Crippen molar-refractivity contribution < 1.29 is 9.53 Å². The number of nitrogens with one attached hydrogen (secondary N) is 2. The van der Waals surface area contributed by atoms with Crippen molar-refractivity contribution in [2.75, 3.05) is 23.9 Å². The number of carbonyl (C=O) groups excluding carboxylic acids is 1. The second kappa shape index (κ2) is 8.00. The van der Waals surface area contributed by atoms with Crippen LogP contribution in [-0.2, 0) is 4.79 Å². The number of benzene rings is 1. The quantitative estimate of drug-likeness (QED) is 0.743. The number of fused-ring (bicyclic) bond motifs is 1. The lowest BCUT2D eigenvalue weighted by Crippen LogP contribution is -2.26. The Morgan fingerprint density at radius 3 is 3.15 bits per heavy atom. The van der Waals surface area contributed by atoms with Crippen LogP contribution in [0.2, 0.25) is 0 Å². The standard InChI is InChI=1S/C20H24N4O2S/c1-2-3-10-21-20-24(23-15-6-4-5-7-15)17(13-27-20)14-8-9-18-16(11-14)22-19(25)12-26-18/h6,8-9,11,13,23H,2-5,7,10,12H2,1H3,(H,22,25). The predicted molar refractivity (Wildman–Crippen MR) is 109 cm³/mol. The van der Waals surface area contributed by atoms with Crippen molar-refractivity contribution in [3.63, 3.8) is 0 Å². The number of rotatable bonds is 6. The van der Waals surface area contributed by atoms with Gasteiger partial charge in [0.25, 0.3) is 5.91 Å². The van der Waals surface area contributed by atoms with E-state index in [1.165, 1.54) is 12.1 Å². The van der Waals surface area contributed by atoms with Crippen molar-refractivity contribution in [3.8, 4) is 17.0 Å². The first kappa shape index (κ1) is 17.9. The summed E-state index contributed by atoms with van der Waals surface area (Å²) in [7, 11) is 0. The van der Waals surface area contributed by atoms with E-state index in [0.717, 1.165) is 48.3 Å². The molecule has 1 aromatic carbocycles. The highest BCUT2D eigenvalue weighted by Gasteiger charge is 2.18. The Bertz CT molecular complexity index is 942. The minimum Gasteiger partial charge on any atom is -0.482 e. The van der Waals surface area contributed by atoms with E-state index in [9.17, 15) is 4.79 Å². The molecule has 1 amide bonds. The number of hydrogen-bond acceptors (Lipinski definition) is 5. The molecule has 0 saturated heterocycles. The molecule has 2 heterocycles. The van der Waals surface area contributed by atoms with Crippen molar-refractivity contribution in [1.29, 1.82) is 0 Å². The van der Waals surface area contributed by atoms with Gasteiger partial charge in [0.05, 0.1) is 11.4 Å². The fourth-order valence-corrected chi connectivity index (χ4v) is 4.10. The number of unbranched alkanes of at least 4 members (excludes halogenated alkanes) is 1. The second-order valence-corrected chi connectivity index (χ2v) is 7.59. The van der Waals surface area contributed by atoms with E-state index in [-0.39, 0.29) is 12.5 Å². The van der Waals surface area contributed by atoms with Crippen molar-refractivity contribution in [1.82, 2.24) is 4.68 Å². The van der Waals surface area contributed by atoms with Crippen LogP contribution in [-0.4, -0.2) is 23.7 Å². The Morgan fingerprint density at radius 1 is 1.41 bits per heavy atom. The van der Waals surface area contributed by atoms with Gasteiger partial charge in [-0.3, -0.25) is 15.2 Å². The average Bonchev–Trinajstić information content (AvgIpc) is 3.32. The van der Waals surface area contributed by atoms with E-state index < -0.39 is 0 Å². The molecule has 27 heavy (non-hydrogen) atoms. The highest BCUT2D eigenvalue weighted by molar-refractivity contribution is 7.07. The Balaban J connectivity index is 1.72. The molecule has 0 unspecified atom stereocenters. The summed E-state index contributed by atoms with van der Waals surface area (Å²) in [6, 6.07) is 5.90. The molecule has 0 saturated carbocycles. The molecule has 142 valence electrons. The van der Waals surface area contributed by atoms with Gasteiger partial charge in [0.2, 0.25) is 4.80 Å². The maximum absolute atomic E-state index is 11.6. The smallest absolute Gasteiger partial charge is 0.262 e. The number of amides is 1. The Labute approximate surface area is 162 Å². The molecule has 6 nitrogen and oxygen atoms in total. The predicted octanol–water partition coefficient (Wildman–Crippen LogP) is 3.86. The SMILES string of the molecule is CCCCN=c1scc(-c2ccc3c(c2)NC(=O)CO3)n1NC1=CCCC1. The number of allylic oxidation sites excluding steroid dienone is 2. The second-order valence-electron chi connectivity index (χ2n) is 6.76. The first-order chi connectivity index (χ1) is 13.2. The third-order valence-corrected chi connectivity index (χ3v) is 5.54. The monoisotopic (exact) mass is 384 g/mol. The van der Waals surface area contributed by atoms with E-state index in [2.05, 4.69) is 33.8 Å². The zero-order valence-corrected chi connectivity index (χ0v) is 16.3. The van der Waals surface area contributed by atoms with Gasteiger partial charge in [0.1, 0.15) is 5.75 Å². The molecule has 1 aliphatic carbocycles. The maximum atomic E-state index is 11.6. The number of aromatic nitrogens is 1. The van der Waals surface area contributed by atoms with Crippen molar-refractivity contribution >= 4 is 22.9 Å². The minimum atomic E-state index is -0.123. The summed E-state index contributed by atoms with van der Waals surface area (Å²) in [6.45, 7) is 3.07. The Morgan fingerprint density at radius 2 is 2.33 bits per heavy atom. The number of thiazole rings is 1. The average molecular weight is 385 g/mol. The van der Waals surface area contributed by atoms with Crippen molar-refractivity contribution in [2.24, 2.45) is 4.99 Å². The molecule has 0 fully saturated rings. The summed E-state index contributed by atoms with van der Waals surface area (Å²) in [5.74, 6) is 0.585. The lowest BCUT2D eigenvalue weighted by molar-refractivity contribution is -0.118. The van der Waals surface area contributed by atoms with Gasteiger partial charge in [-0.1, -0.05) is 19.4 Å². The van der Waals surface area contributed by atoms with E-state index in [0.29, 0.717) is 11.4 Å². The van der Waals surface area contributed by atoms with Gasteiger partial charge in [0.15, 0.2) is 6.61 Å². The molecule has 1 aromatic heterocycles. The van der Waals surface area contributed by atoms with Gasteiger partial charge >= 0.3 is 0 Å². The summed E-state index contributed by atoms with van der Waals surface area (Å²) in [5.41, 5.74) is 7.55. The van der Waals surface area contributed by atoms with E-state index >= 15 is 0 Å². The molecule has 2 N–H and O–H groups in total. The summed E-state index contributed by atoms with van der Waals surface area (Å²) >= 11 is 1.63. The molecule has 0 bridgehead atoms. The lowest BCUT2D eigenvalue weighted by Gasteiger charge is -2.19. The topological polar surface area (TPSA) is 67.6 Å². The summed E-state index contributed by atoms with van der Waals surface area (Å²) in [5, 5.41) is 5.00. The molecular formula is C20H24N4O2S. The van der Waals surface area contributed by atoms with Crippen LogP contribution in [0.1, 0.15) is 39.0 Å². The molecular weight excluding hydrogens is 360 g/mol. The van der Waals surface area contributed by atoms with Gasteiger partial charge in [-0.15, -0.1) is 11.3 Å². The van der Waals surface area contributed by atoms with E-state index in [1.807, 2.05) is 18.2 Å². The summed E-state index contributed by atoms with van der Waals surface area (Å²) < 4.78 is 7.55. The lowest BCUT2D eigenvalue weighted by atomic mass is 10.1. The minimum absolute atomic E-state index is 0.0704. The number of anilines is 1. The molecule has 1 aliphatic heterocycles. The first-order valence-corrected chi connectivity index (χ1v) is 10.4. The highest BCUT2D eigenvalue weighted by atomic mass is 32.1. The van der Waals surface area contributed by atoms with Crippen LogP contribution < -0.4 is 20.3 Å².